The van der Waals surface area contributed by atoms with Crippen molar-refractivity contribution >= 4 is 11.8 Å². The van der Waals surface area contributed by atoms with E-state index in [1.54, 1.807) is 24.3 Å². The number of aliphatic hydroxyl groups is 3. The zero-order valence-electron chi connectivity index (χ0n) is 19.2. The van der Waals surface area contributed by atoms with Gasteiger partial charge in [0.2, 0.25) is 5.90 Å². The van der Waals surface area contributed by atoms with Crippen LogP contribution in [-0.4, -0.2) is 71.7 Å². The lowest BCUT2D eigenvalue weighted by atomic mass is 9.88. The molecule has 0 saturated carbocycles. The molecule has 186 valence electrons. The Kier molecular flexibility index (Phi) is 9.45. The molecule has 2 aromatic rings. The van der Waals surface area contributed by atoms with Crippen molar-refractivity contribution in [1.29, 1.82) is 0 Å². The summed E-state index contributed by atoms with van der Waals surface area (Å²) in [6, 6.07) is 13.5. The number of nitrogens with one attached hydrogen (secondary N) is 1. The topological polar surface area (TPSA) is 169 Å². The quantitative estimate of drug-likeness (QED) is 0.146. The maximum absolute atomic E-state index is 13.4. The Balaban J connectivity index is 1.91. The fraction of sp³-hybridized carbons (Fsp3) is 0.417. The Morgan fingerprint density at radius 1 is 1.17 bits per heavy atom. The van der Waals surface area contributed by atoms with Crippen LogP contribution >= 0.6 is 0 Å². The summed E-state index contributed by atoms with van der Waals surface area (Å²) in [6.07, 6.45) is 0.685. The number of amides is 1. The molecule has 0 bridgehead atoms. The van der Waals surface area contributed by atoms with Gasteiger partial charge in [0.1, 0.15) is 12.4 Å². The van der Waals surface area contributed by atoms with Crippen LogP contribution < -0.4 is 10.1 Å². The van der Waals surface area contributed by atoms with Crippen molar-refractivity contribution in [3.05, 3.63) is 75.7 Å². The molecule has 1 atom stereocenters. The average molecular weight is 484 g/mol. The number of aliphatic hydroxyl groups excluding tert-OH is 3. The fourth-order valence-corrected chi connectivity index (χ4v) is 3.61. The molecule has 1 amide bonds. The number of carbonyl (C=O) groups excluding carboxylic acids is 1. The van der Waals surface area contributed by atoms with Crippen molar-refractivity contribution in [3.8, 4) is 5.75 Å². The standard InChI is InChI=1S/C24H29N5O6/c25-29-26-13-19-5-2-1-4-18(19)12-24(23(33)27-20(14-31)15-32)16-35-22(28-24)17-6-8-21(9-7-17)34-11-3-10-30/h1-2,4-9,20,30-32H,3,10-16H2,(H,27,33)/t24-/m1/s1. The van der Waals surface area contributed by atoms with E-state index in [-0.39, 0.29) is 32.1 Å². The minimum atomic E-state index is -1.36. The van der Waals surface area contributed by atoms with E-state index in [0.29, 0.717) is 24.3 Å². The minimum Gasteiger partial charge on any atom is -0.494 e. The molecule has 0 radical (unpaired) electrons. The highest BCUT2D eigenvalue weighted by Crippen LogP contribution is 2.29. The van der Waals surface area contributed by atoms with Crippen LogP contribution in [0.15, 0.2) is 58.6 Å². The van der Waals surface area contributed by atoms with Crippen molar-refractivity contribution in [3.63, 3.8) is 0 Å². The molecule has 2 aromatic carbocycles. The summed E-state index contributed by atoms with van der Waals surface area (Å²) in [4.78, 5) is 20.9. The van der Waals surface area contributed by atoms with Crippen LogP contribution in [0.25, 0.3) is 10.4 Å². The minimum absolute atomic E-state index is 0.0479. The average Bonchev–Trinajstić information content (AvgIpc) is 3.32. The number of benzene rings is 2. The van der Waals surface area contributed by atoms with Gasteiger partial charge in [0, 0.05) is 29.9 Å². The van der Waals surface area contributed by atoms with Crippen LogP contribution in [0.2, 0.25) is 0 Å². The largest absolute Gasteiger partial charge is 0.494 e. The van der Waals surface area contributed by atoms with E-state index in [2.05, 4.69) is 20.3 Å². The molecule has 1 heterocycles. The molecule has 11 nitrogen and oxygen atoms in total. The third-order valence-electron chi connectivity index (χ3n) is 5.54. The number of hydrogen-bond acceptors (Lipinski definition) is 8. The Morgan fingerprint density at radius 2 is 1.89 bits per heavy atom. The van der Waals surface area contributed by atoms with Gasteiger partial charge in [0.25, 0.3) is 5.91 Å². The number of aliphatic imine (C=N–C) groups is 1. The smallest absolute Gasteiger partial charge is 0.252 e. The summed E-state index contributed by atoms with van der Waals surface area (Å²) >= 11 is 0. The first-order chi connectivity index (χ1) is 17.0. The molecule has 1 aliphatic rings. The highest BCUT2D eigenvalue weighted by atomic mass is 16.5. The highest BCUT2D eigenvalue weighted by molar-refractivity contribution is 6.00. The summed E-state index contributed by atoms with van der Waals surface area (Å²) in [7, 11) is 0. The van der Waals surface area contributed by atoms with Crippen molar-refractivity contribution in [2.24, 2.45) is 10.1 Å². The first-order valence-electron chi connectivity index (χ1n) is 11.2. The lowest BCUT2D eigenvalue weighted by molar-refractivity contribution is -0.128. The van der Waals surface area contributed by atoms with Crippen LogP contribution in [0.5, 0.6) is 5.75 Å². The van der Waals surface area contributed by atoms with Gasteiger partial charge in [0.15, 0.2) is 5.54 Å². The SMILES string of the molecule is [N-]=[N+]=NCc1ccccc1C[C@]1(C(=O)NC(CO)CO)COC(c2ccc(OCCCO)cc2)=N1. The van der Waals surface area contributed by atoms with Crippen molar-refractivity contribution in [2.45, 2.75) is 31.0 Å². The van der Waals surface area contributed by atoms with Crippen LogP contribution in [0.3, 0.4) is 0 Å². The van der Waals surface area contributed by atoms with Gasteiger partial charge in [-0.3, -0.25) is 4.79 Å². The van der Waals surface area contributed by atoms with E-state index < -0.39 is 30.7 Å². The Hall–Kier alpha value is -3.63. The molecule has 0 spiro atoms. The van der Waals surface area contributed by atoms with Gasteiger partial charge in [0.05, 0.1) is 32.4 Å². The Morgan fingerprint density at radius 3 is 2.54 bits per heavy atom. The molecule has 35 heavy (non-hydrogen) atoms. The van der Waals surface area contributed by atoms with Crippen LogP contribution in [0, 0.1) is 0 Å². The van der Waals surface area contributed by atoms with Crippen molar-refractivity contribution in [1.82, 2.24) is 5.32 Å². The molecule has 3 rings (SSSR count). The third kappa shape index (κ3) is 6.71. The summed E-state index contributed by atoms with van der Waals surface area (Å²) in [6.45, 7) is -0.352. The lowest BCUT2D eigenvalue weighted by Gasteiger charge is -2.26. The molecule has 4 N–H and O–H groups in total. The van der Waals surface area contributed by atoms with Crippen LogP contribution in [0.1, 0.15) is 23.1 Å². The first kappa shape index (κ1) is 26.0. The number of azide groups is 1. The van der Waals surface area contributed by atoms with Gasteiger partial charge in [-0.15, -0.1) is 0 Å². The molecular formula is C24H29N5O6. The zero-order chi connectivity index (χ0) is 25.1. The van der Waals surface area contributed by atoms with Crippen LogP contribution in [0.4, 0.5) is 0 Å². The van der Waals surface area contributed by atoms with Crippen LogP contribution in [-0.2, 0) is 22.5 Å². The van der Waals surface area contributed by atoms with E-state index in [1.165, 1.54) is 0 Å². The van der Waals surface area contributed by atoms with E-state index in [1.807, 2.05) is 24.3 Å². The normalized spacial score (nSPS) is 16.9. The maximum Gasteiger partial charge on any atom is 0.252 e. The molecule has 1 aliphatic heterocycles. The second-order valence-electron chi connectivity index (χ2n) is 8.06. The second-order valence-corrected chi connectivity index (χ2v) is 8.06. The van der Waals surface area contributed by atoms with E-state index in [4.69, 9.17) is 20.1 Å². The molecule has 0 fully saturated rings. The molecular weight excluding hydrogens is 454 g/mol. The molecule has 0 saturated heterocycles. The molecule has 0 aromatic heterocycles. The van der Waals surface area contributed by atoms with Gasteiger partial charge in [-0.1, -0.05) is 29.4 Å². The van der Waals surface area contributed by atoms with Crippen molar-refractivity contribution in [2.75, 3.05) is 33.0 Å². The zero-order valence-corrected chi connectivity index (χ0v) is 19.2. The van der Waals surface area contributed by atoms with Gasteiger partial charge >= 0.3 is 0 Å². The molecule has 0 unspecified atom stereocenters. The monoisotopic (exact) mass is 483 g/mol. The Labute approximate surface area is 202 Å². The number of rotatable bonds is 13. The van der Waals surface area contributed by atoms with Gasteiger partial charge in [-0.05, 0) is 40.9 Å². The van der Waals surface area contributed by atoms with Gasteiger partial charge in [-0.2, -0.15) is 0 Å². The van der Waals surface area contributed by atoms with E-state index in [0.717, 1.165) is 11.1 Å². The molecule has 0 aliphatic carbocycles. The van der Waals surface area contributed by atoms with Crippen molar-refractivity contribution < 1.29 is 29.6 Å². The fourth-order valence-electron chi connectivity index (χ4n) is 3.61. The number of ether oxygens (including phenoxy) is 2. The Bertz CT molecular complexity index is 1070. The third-order valence-corrected chi connectivity index (χ3v) is 5.54. The molecule has 11 heteroatoms. The lowest BCUT2D eigenvalue weighted by Crippen LogP contribution is -2.53. The van der Waals surface area contributed by atoms with Gasteiger partial charge < -0.3 is 30.1 Å². The number of carbonyl (C=O) groups is 1. The highest BCUT2D eigenvalue weighted by Gasteiger charge is 2.45. The summed E-state index contributed by atoms with van der Waals surface area (Å²) < 4.78 is 11.4. The maximum atomic E-state index is 13.4. The van der Waals surface area contributed by atoms with E-state index in [9.17, 15) is 15.0 Å². The first-order valence-corrected chi connectivity index (χ1v) is 11.2. The summed E-state index contributed by atoms with van der Waals surface area (Å²) in [5.74, 6) is 0.410. The summed E-state index contributed by atoms with van der Waals surface area (Å²) in [5, 5.41) is 34.1. The van der Waals surface area contributed by atoms with Gasteiger partial charge in [-0.25, -0.2) is 4.99 Å². The number of nitrogens with zero attached hydrogens (tertiary/aromatic N) is 4. The van der Waals surface area contributed by atoms with E-state index >= 15 is 0 Å². The predicted octanol–water partition coefficient (Wildman–Crippen LogP) is 1.49. The summed E-state index contributed by atoms with van der Waals surface area (Å²) in [5.41, 5.74) is 9.53. The second kappa shape index (κ2) is 12.7. The number of hydrogen-bond donors (Lipinski definition) is 4. The predicted molar refractivity (Wildman–Crippen MR) is 128 cm³/mol.